The molecule has 0 saturated heterocycles. The van der Waals surface area contributed by atoms with Gasteiger partial charge in [-0.2, -0.15) is 13.2 Å². The maximum atomic E-state index is 15.0. The average molecular weight is 483 g/mol. The van der Waals surface area contributed by atoms with Crippen LogP contribution in [0.1, 0.15) is 24.6 Å². The van der Waals surface area contributed by atoms with Gasteiger partial charge >= 0.3 is 6.18 Å². The summed E-state index contributed by atoms with van der Waals surface area (Å²) >= 11 is 0. The molecule has 35 heavy (non-hydrogen) atoms. The number of H-pyrrole nitrogens is 1. The highest BCUT2D eigenvalue weighted by atomic mass is 19.4. The third-order valence-corrected chi connectivity index (χ3v) is 6.05. The van der Waals surface area contributed by atoms with Gasteiger partial charge in [-0.15, -0.1) is 0 Å². The predicted molar refractivity (Wildman–Crippen MR) is 123 cm³/mol. The van der Waals surface area contributed by atoms with Gasteiger partial charge in [0.05, 0.1) is 22.5 Å². The Hall–Kier alpha value is -4.01. The van der Waals surface area contributed by atoms with E-state index >= 15 is 0 Å². The van der Waals surface area contributed by atoms with Crippen LogP contribution in [0.25, 0.3) is 33.6 Å². The third-order valence-electron chi connectivity index (χ3n) is 6.05. The maximum absolute atomic E-state index is 15.0. The minimum atomic E-state index is -4.50. The molecule has 9 heteroatoms. The van der Waals surface area contributed by atoms with Crippen molar-refractivity contribution in [3.63, 3.8) is 0 Å². The summed E-state index contributed by atoms with van der Waals surface area (Å²) < 4.78 is 68.7. The van der Waals surface area contributed by atoms with Crippen LogP contribution >= 0.6 is 0 Å². The molecule has 0 amide bonds. The Kier molecular flexibility index (Phi) is 5.42. The van der Waals surface area contributed by atoms with Crippen molar-refractivity contribution in [1.29, 1.82) is 0 Å². The van der Waals surface area contributed by atoms with Gasteiger partial charge in [0.2, 0.25) is 0 Å². The summed E-state index contributed by atoms with van der Waals surface area (Å²) in [6.45, 7) is 1.98. The summed E-state index contributed by atoms with van der Waals surface area (Å²) in [5, 5.41) is 3.01. The highest BCUT2D eigenvalue weighted by Crippen LogP contribution is 2.38. The average Bonchev–Trinajstić information content (AvgIpc) is 3.18. The lowest BCUT2D eigenvalue weighted by Gasteiger charge is -2.17. The van der Waals surface area contributed by atoms with Crippen molar-refractivity contribution in [3.8, 4) is 22.4 Å². The van der Waals surface area contributed by atoms with Crippen molar-refractivity contribution in [1.82, 2.24) is 14.6 Å². The number of hydrogen-bond donors (Lipinski definition) is 1. The largest absolute Gasteiger partial charge is 0.416 e. The van der Waals surface area contributed by atoms with E-state index in [-0.39, 0.29) is 28.4 Å². The first kappa shape index (κ1) is 22.8. The lowest BCUT2D eigenvalue weighted by molar-refractivity contribution is -0.137. The van der Waals surface area contributed by atoms with Crippen LogP contribution in [0.3, 0.4) is 0 Å². The molecule has 1 atom stereocenters. The monoisotopic (exact) mass is 483 g/mol. The van der Waals surface area contributed by atoms with E-state index in [1.165, 1.54) is 24.3 Å². The van der Waals surface area contributed by atoms with Gasteiger partial charge in [-0.3, -0.25) is 9.89 Å². The first-order chi connectivity index (χ1) is 16.6. The van der Waals surface area contributed by atoms with Gasteiger partial charge in [0, 0.05) is 23.3 Å². The number of fused-ring (bicyclic) bond motifs is 1. The number of alkyl halides is 3. The van der Waals surface area contributed by atoms with E-state index in [4.69, 9.17) is 0 Å². The smallest absolute Gasteiger partial charge is 0.289 e. The molecule has 5 rings (SSSR count). The summed E-state index contributed by atoms with van der Waals surface area (Å²) in [6, 6.07) is 8.59. The molecule has 4 aromatic rings. The number of nitrogens with one attached hydrogen (secondary N) is 1. The molecule has 4 nitrogen and oxygen atoms in total. The van der Waals surface area contributed by atoms with E-state index in [0.29, 0.717) is 11.3 Å². The quantitative estimate of drug-likeness (QED) is 0.333. The normalized spacial score (nSPS) is 16.1. The molecular weight excluding hydrogens is 465 g/mol. The SMILES string of the molecule is CC1CC=CC=C1c1[nH]n2c(=O)cc(-c3ccc(C(F)(F)F)cc3)nc2c1-c1ccc(F)cc1F. The van der Waals surface area contributed by atoms with Crippen molar-refractivity contribution in [2.75, 3.05) is 0 Å². The first-order valence-electron chi connectivity index (χ1n) is 10.8. The molecule has 0 fully saturated rings. The Labute approximate surface area is 196 Å². The number of nitrogens with zero attached hydrogens (tertiary/aromatic N) is 2. The van der Waals surface area contributed by atoms with Gasteiger partial charge in [0.15, 0.2) is 5.65 Å². The fourth-order valence-electron chi connectivity index (χ4n) is 4.25. The van der Waals surface area contributed by atoms with Gasteiger partial charge in [0.25, 0.3) is 5.56 Å². The number of halogens is 5. The second-order valence-corrected chi connectivity index (χ2v) is 8.39. The number of rotatable bonds is 3. The van der Waals surface area contributed by atoms with Crippen molar-refractivity contribution >= 4 is 11.2 Å². The molecule has 0 bridgehead atoms. The van der Waals surface area contributed by atoms with Crippen molar-refractivity contribution in [3.05, 3.63) is 100 Å². The summed E-state index contributed by atoms with van der Waals surface area (Å²) in [5.41, 5.74) is 0.718. The zero-order valence-electron chi connectivity index (χ0n) is 18.3. The van der Waals surface area contributed by atoms with Crippen LogP contribution in [0.5, 0.6) is 0 Å². The molecule has 1 aliphatic carbocycles. The maximum Gasteiger partial charge on any atom is 0.416 e. The van der Waals surface area contributed by atoms with E-state index < -0.39 is 28.9 Å². The van der Waals surface area contributed by atoms with Crippen molar-refractivity contribution in [2.24, 2.45) is 5.92 Å². The Morgan fingerprint density at radius 2 is 1.80 bits per heavy atom. The summed E-state index contributed by atoms with van der Waals surface area (Å²) in [5.74, 6) is -1.54. The molecule has 1 aliphatic rings. The van der Waals surface area contributed by atoms with Crippen LogP contribution in [-0.2, 0) is 6.18 Å². The molecule has 0 aliphatic heterocycles. The van der Waals surface area contributed by atoms with Crippen LogP contribution in [-0.4, -0.2) is 14.6 Å². The van der Waals surface area contributed by atoms with Crippen molar-refractivity contribution < 1.29 is 22.0 Å². The first-order valence-corrected chi connectivity index (χ1v) is 10.8. The zero-order chi connectivity index (χ0) is 24.9. The highest BCUT2D eigenvalue weighted by molar-refractivity contribution is 5.90. The zero-order valence-corrected chi connectivity index (χ0v) is 18.3. The third kappa shape index (κ3) is 4.07. The molecular formula is C26H18F5N3O. The van der Waals surface area contributed by atoms with E-state index in [1.54, 1.807) is 0 Å². The molecule has 0 spiro atoms. The van der Waals surface area contributed by atoms with E-state index in [9.17, 15) is 26.7 Å². The minimum absolute atomic E-state index is 0.0410. The Morgan fingerprint density at radius 1 is 1.06 bits per heavy atom. The van der Waals surface area contributed by atoms with E-state index in [0.717, 1.165) is 40.8 Å². The Bertz CT molecular complexity index is 1560. The molecule has 2 heterocycles. The highest BCUT2D eigenvalue weighted by Gasteiger charge is 2.30. The summed E-state index contributed by atoms with van der Waals surface area (Å²) in [6.07, 6.45) is 1.92. The molecule has 0 radical (unpaired) electrons. The number of hydrogen-bond acceptors (Lipinski definition) is 2. The number of aromatic amines is 1. The lowest BCUT2D eigenvalue weighted by Crippen LogP contribution is -2.14. The number of allylic oxidation sites excluding steroid dienone is 4. The number of benzene rings is 2. The predicted octanol–water partition coefficient (Wildman–Crippen LogP) is 6.63. The van der Waals surface area contributed by atoms with Crippen LogP contribution in [0.2, 0.25) is 0 Å². The Morgan fingerprint density at radius 3 is 2.46 bits per heavy atom. The van der Waals surface area contributed by atoms with Crippen LogP contribution < -0.4 is 5.56 Å². The number of aromatic nitrogens is 3. The summed E-state index contributed by atoms with van der Waals surface area (Å²) in [4.78, 5) is 17.5. The second kappa shape index (κ2) is 8.33. The molecule has 2 aromatic heterocycles. The van der Waals surface area contributed by atoms with Gasteiger partial charge < -0.3 is 0 Å². The van der Waals surface area contributed by atoms with E-state index in [1.807, 2.05) is 25.2 Å². The molecule has 1 N–H and O–H groups in total. The van der Waals surface area contributed by atoms with Gasteiger partial charge in [-0.25, -0.2) is 18.3 Å². The van der Waals surface area contributed by atoms with Crippen LogP contribution in [0, 0.1) is 17.6 Å². The van der Waals surface area contributed by atoms with Gasteiger partial charge in [-0.1, -0.05) is 37.3 Å². The fourth-order valence-corrected chi connectivity index (χ4v) is 4.25. The van der Waals surface area contributed by atoms with E-state index in [2.05, 4.69) is 10.1 Å². The Balaban J connectivity index is 1.78. The standard InChI is InChI=1S/C26H18F5N3O/c1-14-4-2-3-5-18(14)24-23(19-11-10-17(27)12-20(19)28)25-32-21(13-22(35)34(25)33-24)15-6-8-16(9-7-15)26(29,30)31/h2-3,5-14,33H,4H2,1H3. The van der Waals surface area contributed by atoms with Gasteiger partial charge in [-0.05, 0) is 42.2 Å². The minimum Gasteiger partial charge on any atom is -0.289 e. The van der Waals surface area contributed by atoms with Crippen molar-refractivity contribution in [2.45, 2.75) is 19.5 Å². The molecule has 2 aromatic carbocycles. The van der Waals surface area contributed by atoms with Crippen LogP contribution in [0.15, 0.2) is 71.6 Å². The molecule has 0 saturated carbocycles. The second-order valence-electron chi connectivity index (χ2n) is 8.39. The topological polar surface area (TPSA) is 50.2 Å². The molecule has 1 unspecified atom stereocenters. The van der Waals surface area contributed by atoms with Gasteiger partial charge in [0.1, 0.15) is 11.6 Å². The molecule has 178 valence electrons. The summed E-state index contributed by atoms with van der Waals surface area (Å²) in [7, 11) is 0. The lowest BCUT2D eigenvalue weighted by atomic mass is 9.88. The van der Waals surface area contributed by atoms with Crippen LogP contribution in [0.4, 0.5) is 22.0 Å². The fraction of sp³-hybridized carbons (Fsp3) is 0.154.